The van der Waals surface area contributed by atoms with Crippen LogP contribution in [0.5, 0.6) is 0 Å². The van der Waals surface area contributed by atoms with Gasteiger partial charge in [-0.15, -0.1) is 12.4 Å². The summed E-state index contributed by atoms with van der Waals surface area (Å²) in [4.78, 5) is 24.3. The first kappa shape index (κ1) is 23.6. The highest BCUT2D eigenvalue weighted by Gasteiger charge is 2.29. The molecule has 0 bridgehead atoms. The molecule has 142 valence electrons. The number of nitrogens with one attached hydrogen (secondary N) is 2. The van der Waals surface area contributed by atoms with Gasteiger partial charge in [0.15, 0.2) is 0 Å². The van der Waals surface area contributed by atoms with Gasteiger partial charge in [0.2, 0.25) is 5.91 Å². The zero-order chi connectivity index (χ0) is 18.3. The van der Waals surface area contributed by atoms with Crippen molar-refractivity contribution >= 4 is 35.8 Å². The van der Waals surface area contributed by atoms with Gasteiger partial charge >= 0.3 is 0 Å². The lowest BCUT2D eigenvalue weighted by atomic mass is 10.0. The summed E-state index contributed by atoms with van der Waals surface area (Å²) in [5.74, 6) is -4.24. The van der Waals surface area contributed by atoms with Crippen molar-refractivity contribution in [1.29, 1.82) is 0 Å². The Morgan fingerprint density at radius 3 is 2.28 bits per heavy atom. The van der Waals surface area contributed by atoms with E-state index >= 15 is 0 Å². The number of carbonyl (C=O) groups is 2. The van der Waals surface area contributed by atoms with Crippen LogP contribution in [-0.2, 0) is 4.79 Å². The van der Waals surface area contributed by atoms with Crippen molar-refractivity contribution in [2.45, 2.75) is 32.2 Å². The lowest BCUT2D eigenvalue weighted by Gasteiger charge is -2.22. The quantitative estimate of drug-likeness (QED) is 0.630. The molecule has 0 aliphatic rings. The molecule has 1 unspecified atom stereocenters. The second-order valence-corrected chi connectivity index (χ2v) is 6.38. The molecule has 0 aliphatic heterocycles. The Labute approximate surface area is 157 Å². The summed E-state index contributed by atoms with van der Waals surface area (Å²) in [5, 5.41) is 5.19. The molecule has 0 aliphatic carbocycles. The van der Waals surface area contributed by atoms with Crippen molar-refractivity contribution in [1.82, 2.24) is 10.6 Å². The van der Waals surface area contributed by atoms with E-state index in [9.17, 15) is 18.4 Å². The summed E-state index contributed by atoms with van der Waals surface area (Å²) in [6.45, 7) is 2.00. The van der Waals surface area contributed by atoms with Gasteiger partial charge in [0, 0.05) is 10.6 Å². The van der Waals surface area contributed by atoms with Crippen LogP contribution < -0.4 is 16.4 Å². The molecule has 0 fully saturated rings. The first-order valence-corrected chi connectivity index (χ1v) is 7.94. The minimum atomic E-state index is -3.18. The Morgan fingerprint density at radius 2 is 1.80 bits per heavy atom. The van der Waals surface area contributed by atoms with Crippen LogP contribution in [0.15, 0.2) is 24.3 Å². The predicted molar refractivity (Wildman–Crippen MR) is 96.4 cm³/mol. The standard InChI is InChI=1S/C16H22ClF2N3O2.ClH/c1-10(2)7-13(15(24)21-9-16(18,19)8-20)22-14(23)11-3-5-12(17)6-4-11;/h3-6,10,13H,7-9,20H2,1-2H3,(H,21,24)(H,22,23);1H. The van der Waals surface area contributed by atoms with Crippen LogP contribution in [0.2, 0.25) is 5.02 Å². The molecule has 1 atom stereocenters. The van der Waals surface area contributed by atoms with Crippen molar-refractivity contribution < 1.29 is 18.4 Å². The Hall–Kier alpha value is -1.44. The maximum atomic E-state index is 13.2. The second-order valence-electron chi connectivity index (χ2n) is 5.94. The van der Waals surface area contributed by atoms with Crippen LogP contribution in [0.3, 0.4) is 0 Å². The van der Waals surface area contributed by atoms with Gasteiger partial charge in [-0.25, -0.2) is 8.78 Å². The van der Waals surface area contributed by atoms with Gasteiger partial charge in [0.05, 0.1) is 13.1 Å². The summed E-state index contributed by atoms with van der Waals surface area (Å²) in [5.41, 5.74) is 5.26. The van der Waals surface area contributed by atoms with E-state index in [1.807, 2.05) is 13.8 Å². The average molecular weight is 398 g/mol. The van der Waals surface area contributed by atoms with Crippen molar-refractivity contribution in [2.75, 3.05) is 13.1 Å². The summed E-state index contributed by atoms with van der Waals surface area (Å²) >= 11 is 5.76. The summed E-state index contributed by atoms with van der Waals surface area (Å²) in [6.07, 6.45) is 0.319. The van der Waals surface area contributed by atoms with Crippen LogP contribution in [0, 0.1) is 5.92 Å². The third kappa shape index (κ3) is 8.47. The molecule has 1 rings (SSSR count). The van der Waals surface area contributed by atoms with Gasteiger partial charge in [0.1, 0.15) is 6.04 Å². The average Bonchev–Trinajstić information content (AvgIpc) is 2.52. The maximum Gasteiger partial charge on any atom is 0.277 e. The number of halogens is 4. The molecule has 5 nitrogen and oxygen atoms in total. The highest BCUT2D eigenvalue weighted by molar-refractivity contribution is 6.30. The molecule has 0 aromatic heterocycles. The van der Waals surface area contributed by atoms with Crippen LogP contribution in [0.1, 0.15) is 30.6 Å². The smallest absolute Gasteiger partial charge is 0.277 e. The highest BCUT2D eigenvalue weighted by atomic mass is 35.5. The fraction of sp³-hybridized carbons (Fsp3) is 0.500. The summed E-state index contributed by atoms with van der Waals surface area (Å²) < 4.78 is 26.3. The largest absolute Gasteiger partial charge is 0.348 e. The first-order chi connectivity index (χ1) is 11.1. The normalized spacial score (nSPS) is 12.3. The van der Waals surface area contributed by atoms with Gasteiger partial charge in [-0.3, -0.25) is 9.59 Å². The third-order valence-corrected chi connectivity index (χ3v) is 3.51. The fourth-order valence-corrected chi connectivity index (χ4v) is 2.08. The molecule has 1 aromatic carbocycles. The van der Waals surface area contributed by atoms with E-state index in [1.165, 1.54) is 12.1 Å². The van der Waals surface area contributed by atoms with Crippen molar-refractivity contribution in [3.63, 3.8) is 0 Å². The van der Waals surface area contributed by atoms with Crippen molar-refractivity contribution in [3.8, 4) is 0 Å². The minimum Gasteiger partial charge on any atom is -0.348 e. The minimum absolute atomic E-state index is 0. The second kappa shape index (κ2) is 10.5. The number of hydrogen-bond acceptors (Lipinski definition) is 3. The zero-order valence-corrected chi connectivity index (χ0v) is 15.6. The highest BCUT2D eigenvalue weighted by Crippen LogP contribution is 2.12. The van der Waals surface area contributed by atoms with Crippen LogP contribution in [0.4, 0.5) is 8.78 Å². The monoisotopic (exact) mass is 397 g/mol. The fourth-order valence-electron chi connectivity index (χ4n) is 1.96. The van der Waals surface area contributed by atoms with E-state index < -0.39 is 36.9 Å². The lowest BCUT2D eigenvalue weighted by Crippen LogP contribution is -2.51. The van der Waals surface area contributed by atoms with Crippen LogP contribution >= 0.6 is 24.0 Å². The predicted octanol–water partition coefficient (Wildman–Crippen LogP) is 2.62. The van der Waals surface area contributed by atoms with Gasteiger partial charge in [0.25, 0.3) is 11.8 Å². The van der Waals surface area contributed by atoms with Crippen molar-refractivity contribution in [2.24, 2.45) is 11.7 Å². The van der Waals surface area contributed by atoms with E-state index in [-0.39, 0.29) is 18.3 Å². The van der Waals surface area contributed by atoms with Crippen LogP contribution in [0.25, 0.3) is 0 Å². The van der Waals surface area contributed by atoms with Gasteiger partial charge in [-0.2, -0.15) is 0 Å². The molecule has 0 saturated carbocycles. The van der Waals surface area contributed by atoms with Gasteiger partial charge < -0.3 is 16.4 Å². The van der Waals surface area contributed by atoms with Gasteiger partial charge in [-0.05, 0) is 36.6 Å². The molecular weight excluding hydrogens is 375 g/mol. The maximum absolute atomic E-state index is 13.2. The Morgan fingerprint density at radius 1 is 1.24 bits per heavy atom. The summed E-state index contributed by atoms with van der Waals surface area (Å²) in [6, 6.07) is 5.22. The Bertz CT molecular complexity index is 569. The van der Waals surface area contributed by atoms with Crippen molar-refractivity contribution in [3.05, 3.63) is 34.9 Å². The Balaban J connectivity index is 0.00000576. The SMILES string of the molecule is CC(C)CC(NC(=O)c1ccc(Cl)cc1)C(=O)NCC(F)(F)CN.Cl. The van der Waals surface area contributed by atoms with Gasteiger partial charge in [-0.1, -0.05) is 25.4 Å². The number of hydrogen-bond donors (Lipinski definition) is 3. The number of amides is 2. The van der Waals surface area contributed by atoms with E-state index in [0.29, 0.717) is 17.0 Å². The number of alkyl halides is 2. The molecule has 2 amide bonds. The molecular formula is C16H23Cl2F2N3O2. The third-order valence-electron chi connectivity index (χ3n) is 3.26. The molecule has 25 heavy (non-hydrogen) atoms. The lowest BCUT2D eigenvalue weighted by molar-refractivity contribution is -0.125. The molecule has 0 saturated heterocycles. The molecule has 0 heterocycles. The Kier molecular flexibility index (Phi) is 9.92. The topological polar surface area (TPSA) is 84.2 Å². The number of rotatable bonds is 8. The van der Waals surface area contributed by atoms with E-state index in [2.05, 4.69) is 10.6 Å². The molecule has 1 aromatic rings. The van der Waals surface area contributed by atoms with E-state index in [1.54, 1.807) is 12.1 Å². The van der Waals surface area contributed by atoms with E-state index in [0.717, 1.165) is 0 Å². The van der Waals surface area contributed by atoms with Crippen LogP contribution in [-0.4, -0.2) is 36.9 Å². The number of nitrogens with two attached hydrogens (primary N) is 1. The molecule has 9 heteroatoms. The zero-order valence-electron chi connectivity index (χ0n) is 14.0. The number of benzene rings is 1. The first-order valence-electron chi connectivity index (χ1n) is 7.56. The molecule has 0 spiro atoms. The number of carbonyl (C=O) groups excluding carboxylic acids is 2. The molecule has 4 N–H and O–H groups in total. The summed E-state index contributed by atoms with van der Waals surface area (Å²) in [7, 11) is 0. The van der Waals surface area contributed by atoms with E-state index in [4.69, 9.17) is 17.3 Å². The molecule has 0 radical (unpaired) electrons.